The normalized spacial score (nSPS) is 17.9. The molecule has 0 amide bonds. The van der Waals surface area contributed by atoms with Gasteiger partial charge in [-0.05, 0) is 54.0 Å². The van der Waals surface area contributed by atoms with Crippen LogP contribution in [0.15, 0.2) is 52.8 Å². The molecule has 1 spiro atoms. The van der Waals surface area contributed by atoms with Gasteiger partial charge in [0.05, 0.1) is 24.5 Å². The summed E-state index contributed by atoms with van der Waals surface area (Å²) in [6, 6.07) is 7.78. The highest BCUT2D eigenvalue weighted by molar-refractivity contribution is 7.99. The van der Waals surface area contributed by atoms with Gasteiger partial charge in [0.25, 0.3) is 0 Å². The lowest BCUT2D eigenvalue weighted by Gasteiger charge is -2.42. The van der Waals surface area contributed by atoms with E-state index < -0.39 is 5.97 Å². The molecule has 0 radical (unpaired) electrons. The zero-order valence-corrected chi connectivity index (χ0v) is 21.3. The van der Waals surface area contributed by atoms with Crippen LogP contribution in [-0.4, -0.2) is 41.1 Å². The number of nitrogens with two attached hydrogens (primary N) is 2. The maximum atomic E-state index is 11.4. The van der Waals surface area contributed by atoms with Crippen LogP contribution in [0.25, 0.3) is 0 Å². The van der Waals surface area contributed by atoms with Crippen molar-refractivity contribution in [1.82, 2.24) is 15.0 Å². The number of halogens is 1. The number of nitrogen functional groups attached to an aromatic ring is 1. The third-order valence-corrected chi connectivity index (χ3v) is 8.46. The summed E-state index contributed by atoms with van der Waals surface area (Å²) in [5.74, 6) is 5.95. The monoisotopic (exact) mass is 520 g/mol. The molecule has 5 rings (SSSR count). The van der Waals surface area contributed by atoms with Crippen LogP contribution in [0.1, 0.15) is 35.6 Å². The lowest BCUT2D eigenvalue weighted by molar-refractivity contribution is -0.133. The lowest BCUT2D eigenvalue weighted by Crippen LogP contribution is -2.44. The number of carbonyl (C=O) groups excluding carboxylic acids is 1. The van der Waals surface area contributed by atoms with Gasteiger partial charge in [-0.3, -0.25) is 0 Å². The molecule has 1 aromatic carbocycles. The van der Waals surface area contributed by atoms with Gasteiger partial charge in [0, 0.05) is 41.7 Å². The second kappa shape index (κ2) is 9.97. The maximum Gasteiger partial charge on any atom is 0.384 e. The topological polar surface area (TPSA) is 120 Å². The van der Waals surface area contributed by atoms with Crippen molar-refractivity contribution in [1.29, 1.82) is 0 Å². The van der Waals surface area contributed by atoms with Crippen LogP contribution in [-0.2, 0) is 16.0 Å². The molecule has 36 heavy (non-hydrogen) atoms. The number of benzene rings is 1. The quantitative estimate of drug-likeness (QED) is 0.394. The number of anilines is 2. The van der Waals surface area contributed by atoms with Crippen LogP contribution in [0.3, 0.4) is 0 Å². The Bertz CT molecular complexity index is 1360. The van der Waals surface area contributed by atoms with Gasteiger partial charge in [0.1, 0.15) is 16.7 Å². The Morgan fingerprint density at radius 2 is 2.03 bits per heavy atom. The average Bonchev–Trinajstić information content (AvgIpc) is 3.16. The largest absolute Gasteiger partial charge is 0.459 e. The highest BCUT2D eigenvalue weighted by Gasteiger charge is 2.46. The first-order valence-corrected chi connectivity index (χ1v) is 12.7. The minimum Gasteiger partial charge on any atom is -0.459 e. The van der Waals surface area contributed by atoms with Gasteiger partial charge in [-0.15, -0.1) is 0 Å². The first kappa shape index (κ1) is 24.4. The fourth-order valence-electron chi connectivity index (χ4n) is 4.94. The Labute approximate surface area is 218 Å². The SMILES string of the molecule is COC(=O)C#Cc1ccc2c(c1)[C@@H](N)C1(CCN(c3cnc(Sc4ccnc(N)c4Cl)cn3)CC1)C2. The number of hydrogen-bond donors (Lipinski definition) is 2. The van der Waals surface area contributed by atoms with Gasteiger partial charge < -0.3 is 21.1 Å². The minimum absolute atomic E-state index is 0.00841. The van der Waals surface area contributed by atoms with Crippen molar-refractivity contribution in [3.63, 3.8) is 0 Å². The van der Waals surface area contributed by atoms with Crippen molar-refractivity contribution in [2.75, 3.05) is 30.8 Å². The summed E-state index contributed by atoms with van der Waals surface area (Å²) >= 11 is 7.65. The summed E-state index contributed by atoms with van der Waals surface area (Å²) in [5.41, 5.74) is 15.7. The zero-order chi connectivity index (χ0) is 25.3. The molecule has 0 unspecified atom stereocenters. The van der Waals surface area contributed by atoms with Crippen molar-refractivity contribution in [3.05, 3.63) is 64.6 Å². The lowest BCUT2D eigenvalue weighted by atomic mass is 9.73. The van der Waals surface area contributed by atoms with Crippen molar-refractivity contribution in [2.24, 2.45) is 11.1 Å². The van der Waals surface area contributed by atoms with Crippen molar-refractivity contribution >= 4 is 41.0 Å². The highest BCUT2D eigenvalue weighted by Crippen LogP contribution is 2.51. The number of nitrogens with zero attached hydrogens (tertiary/aromatic N) is 4. The third kappa shape index (κ3) is 4.72. The molecule has 3 heterocycles. The molecule has 184 valence electrons. The second-order valence-corrected chi connectivity index (χ2v) is 10.4. The molecule has 1 fully saturated rings. The van der Waals surface area contributed by atoms with Crippen LogP contribution in [0, 0.1) is 17.3 Å². The number of rotatable bonds is 3. The molecule has 1 aliphatic heterocycles. The molecule has 8 nitrogen and oxygen atoms in total. The molecule has 1 aliphatic carbocycles. The first-order valence-electron chi connectivity index (χ1n) is 11.5. The zero-order valence-electron chi connectivity index (χ0n) is 19.7. The highest BCUT2D eigenvalue weighted by atomic mass is 35.5. The molecule has 2 aromatic heterocycles. The number of piperidine rings is 1. The Morgan fingerprint density at radius 1 is 1.22 bits per heavy atom. The predicted octanol–water partition coefficient (Wildman–Crippen LogP) is 3.63. The summed E-state index contributed by atoms with van der Waals surface area (Å²) in [4.78, 5) is 27.6. The Kier molecular flexibility index (Phi) is 6.75. The summed E-state index contributed by atoms with van der Waals surface area (Å²) < 4.78 is 4.60. The Balaban J connectivity index is 1.24. The number of carbonyl (C=O) groups is 1. The van der Waals surface area contributed by atoms with E-state index in [9.17, 15) is 4.79 Å². The van der Waals surface area contributed by atoms with Gasteiger partial charge in [0.2, 0.25) is 0 Å². The van der Waals surface area contributed by atoms with E-state index in [1.807, 2.05) is 12.1 Å². The summed E-state index contributed by atoms with van der Waals surface area (Å²) in [6.07, 6.45) is 8.03. The molecular weight excluding hydrogens is 496 g/mol. The smallest absolute Gasteiger partial charge is 0.384 e. The van der Waals surface area contributed by atoms with E-state index in [1.165, 1.54) is 24.4 Å². The van der Waals surface area contributed by atoms with Gasteiger partial charge >= 0.3 is 5.97 Å². The molecule has 0 saturated carbocycles. The van der Waals surface area contributed by atoms with E-state index in [1.54, 1.807) is 24.7 Å². The van der Waals surface area contributed by atoms with Crippen molar-refractivity contribution < 1.29 is 9.53 Å². The molecule has 1 saturated heterocycles. The van der Waals surface area contributed by atoms with Crippen LogP contribution >= 0.6 is 23.4 Å². The number of aromatic nitrogens is 3. The van der Waals surface area contributed by atoms with Gasteiger partial charge in [-0.25, -0.2) is 19.7 Å². The average molecular weight is 521 g/mol. The van der Waals surface area contributed by atoms with E-state index in [0.29, 0.717) is 10.8 Å². The van der Waals surface area contributed by atoms with Crippen LogP contribution in [0.4, 0.5) is 11.6 Å². The molecule has 4 N–H and O–H groups in total. The number of hydrogen-bond acceptors (Lipinski definition) is 9. The number of pyridine rings is 1. The molecule has 0 bridgehead atoms. The number of fused-ring (bicyclic) bond motifs is 1. The molecule has 3 aromatic rings. The maximum absolute atomic E-state index is 11.4. The summed E-state index contributed by atoms with van der Waals surface area (Å²) in [6.45, 7) is 1.70. The molecule has 1 atom stereocenters. The van der Waals surface area contributed by atoms with E-state index in [0.717, 1.165) is 59.2 Å². The summed E-state index contributed by atoms with van der Waals surface area (Å²) in [7, 11) is 1.32. The van der Waals surface area contributed by atoms with E-state index >= 15 is 0 Å². The Hall–Kier alpha value is -3.32. The molecular formula is C26H25ClN6O2S. The van der Waals surface area contributed by atoms with Crippen LogP contribution in [0.2, 0.25) is 5.02 Å². The third-order valence-electron chi connectivity index (χ3n) is 6.97. The fourth-order valence-corrected chi connectivity index (χ4v) is 5.93. The van der Waals surface area contributed by atoms with Gasteiger partial charge in [0.15, 0.2) is 0 Å². The van der Waals surface area contributed by atoms with E-state index in [4.69, 9.17) is 23.1 Å². The van der Waals surface area contributed by atoms with E-state index in [2.05, 4.69) is 42.5 Å². The second-order valence-electron chi connectivity index (χ2n) is 8.98. The van der Waals surface area contributed by atoms with Crippen molar-refractivity contribution in [3.8, 4) is 11.8 Å². The molecule has 2 aliphatic rings. The number of ether oxygens (including phenoxy) is 1. The molecule has 10 heteroatoms. The fraction of sp³-hybridized carbons (Fsp3) is 0.308. The summed E-state index contributed by atoms with van der Waals surface area (Å²) in [5, 5.41) is 1.16. The van der Waals surface area contributed by atoms with Crippen LogP contribution < -0.4 is 16.4 Å². The number of methoxy groups -OCH3 is 1. The standard InChI is InChI=1S/C26H25ClN6O2S/c1-35-22(34)5-3-16-2-4-17-13-26(24(28)18(17)12-16)7-10-33(11-8-26)20-14-32-21(15-31-20)36-19-6-9-30-25(29)23(19)27/h2,4,6,9,12,14-15,24H,7-8,10-11,13,28H2,1H3,(H2,29,30)/t24-/m1/s1. The van der Waals surface area contributed by atoms with Gasteiger partial charge in [-0.2, -0.15) is 0 Å². The van der Waals surface area contributed by atoms with Crippen molar-refractivity contribution in [2.45, 2.75) is 35.2 Å². The Morgan fingerprint density at radius 3 is 2.75 bits per heavy atom. The first-order chi connectivity index (χ1) is 17.4. The van der Waals surface area contributed by atoms with Crippen LogP contribution in [0.5, 0.6) is 0 Å². The van der Waals surface area contributed by atoms with E-state index in [-0.39, 0.29) is 11.5 Å². The minimum atomic E-state index is -0.552. The number of esters is 1. The predicted molar refractivity (Wildman–Crippen MR) is 140 cm³/mol. The van der Waals surface area contributed by atoms with Gasteiger partial charge in [-0.1, -0.05) is 35.3 Å².